The van der Waals surface area contributed by atoms with Gasteiger partial charge in [-0.15, -0.1) is 0 Å². The molecule has 0 aliphatic heterocycles. The number of halogens is 1. The van der Waals surface area contributed by atoms with E-state index in [0.29, 0.717) is 4.99 Å². The van der Waals surface area contributed by atoms with Gasteiger partial charge in [0.1, 0.15) is 11.6 Å². The van der Waals surface area contributed by atoms with Crippen LogP contribution in [-0.2, 0) is 0 Å². The molecule has 1 aliphatic carbocycles. The summed E-state index contributed by atoms with van der Waals surface area (Å²) in [6, 6.07) is 3.30. The molecule has 4 N–H and O–H groups in total. The Morgan fingerprint density at radius 2 is 2.21 bits per heavy atom. The van der Waals surface area contributed by atoms with Crippen molar-refractivity contribution in [3.8, 4) is 5.75 Å². The lowest BCUT2D eigenvalue weighted by Gasteiger charge is -2.20. The van der Waals surface area contributed by atoms with Crippen molar-refractivity contribution in [2.24, 2.45) is 11.7 Å². The van der Waals surface area contributed by atoms with Gasteiger partial charge >= 0.3 is 0 Å². The summed E-state index contributed by atoms with van der Waals surface area (Å²) in [4.78, 5) is 12.4. The Hall–Kier alpha value is -1.69. The highest BCUT2D eigenvalue weighted by Crippen LogP contribution is 2.26. The Labute approximate surface area is 115 Å². The fourth-order valence-corrected chi connectivity index (χ4v) is 2.69. The summed E-state index contributed by atoms with van der Waals surface area (Å²) in [5, 5.41) is 11.9. The highest BCUT2D eigenvalue weighted by Gasteiger charge is 2.31. The van der Waals surface area contributed by atoms with E-state index < -0.39 is 11.7 Å². The first-order valence-corrected chi connectivity index (χ1v) is 6.48. The van der Waals surface area contributed by atoms with Crippen LogP contribution in [0, 0.1) is 11.7 Å². The second-order valence-corrected chi connectivity index (χ2v) is 5.16. The topological polar surface area (TPSA) is 75.3 Å². The van der Waals surface area contributed by atoms with E-state index in [9.17, 15) is 9.18 Å². The van der Waals surface area contributed by atoms with Crippen LogP contribution in [0.4, 0.5) is 4.39 Å². The first-order chi connectivity index (χ1) is 8.99. The lowest BCUT2D eigenvalue weighted by molar-refractivity contribution is 0.0929. The number of hydrogen-bond acceptors (Lipinski definition) is 3. The van der Waals surface area contributed by atoms with Crippen molar-refractivity contribution in [3.05, 3.63) is 29.6 Å². The maximum absolute atomic E-state index is 13.6. The van der Waals surface area contributed by atoms with Gasteiger partial charge in [-0.1, -0.05) is 18.6 Å². The Morgan fingerprint density at radius 3 is 2.84 bits per heavy atom. The average molecular weight is 282 g/mol. The number of hydrogen-bond donors (Lipinski definition) is 3. The molecule has 6 heteroatoms. The van der Waals surface area contributed by atoms with Gasteiger partial charge in [0.15, 0.2) is 0 Å². The van der Waals surface area contributed by atoms with Crippen LogP contribution in [0.3, 0.4) is 0 Å². The van der Waals surface area contributed by atoms with E-state index in [1.54, 1.807) is 0 Å². The molecule has 0 spiro atoms. The van der Waals surface area contributed by atoms with Gasteiger partial charge in [-0.25, -0.2) is 4.39 Å². The first kappa shape index (κ1) is 13.7. The van der Waals surface area contributed by atoms with Crippen LogP contribution in [0.25, 0.3) is 0 Å². The van der Waals surface area contributed by atoms with Crippen molar-refractivity contribution in [3.63, 3.8) is 0 Å². The van der Waals surface area contributed by atoms with Crippen molar-refractivity contribution >= 4 is 23.1 Å². The van der Waals surface area contributed by atoms with E-state index in [4.69, 9.17) is 23.1 Å². The number of nitrogens with two attached hydrogens (primary N) is 1. The lowest BCUT2D eigenvalue weighted by Crippen LogP contribution is -2.41. The third-order valence-corrected chi connectivity index (χ3v) is 3.70. The molecule has 0 radical (unpaired) electrons. The molecule has 102 valence electrons. The number of thiocarbonyl (C=S) groups is 1. The second-order valence-electron chi connectivity index (χ2n) is 4.68. The van der Waals surface area contributed by atoms with Gasteiger partial charge in [-0.05, 0) is 25.0 Å². The molecule has 4 nitrogen and oxygen atoms in total. The van der Waals surface area contributed by atoms with E-state index in [1.807, 2.05) is 0 Å². The molecule has 0 aromatic heterocycles. The number of rotatable bonds is 3. The van der Waals surface area contributed by atoms with Crippen molar-refractivity contribution in [1.29, 1.82) is 0 Å². The lowest BCUT2D eigenvalue weighted by atomic mass is 10.0. The van der Waals surface area contributed by atoms with Gasteiger partial charge in [0, 0.05) is 18.0 Å². The molecular weight excluding hydrogens is 267 g/mol. The number of phenolic OH excluding ortho intramolecular Hbond substituents is 1. The fraction of sp³-hybridized carbons (Fsp3) is 0.385. The molecular formula is C13H15FN2O2S. The van der Waals surface area contributed by atoms with E-state index in [-0.39, 0.29) is 23.3 Å². The van der Waals surface area contributed by atoms with Crippen molar-refractivity contribution in [2.75, 3.05) is 0 Å². The number of phenols is 1. The zero-order chi connectivity index (χ0) is 14.0. The molecule has 0 heterocycles. The van der Waals surface area contributed by atoms with E-state index >= 15 is 0 Å². The van der Waals surface area contributed by atoms with Crippen LogP contribution in [0.5, 0.6) is 5.75 Å². The number of amides is 1. The third kappa shape index (κ3) is 3.01. The van der Waals surface area contributed by atoms with Gasteiger partial charge in [0.05, 0.1) is 10.6 Å². The maximum atomic E-state index is 13.6. The summed E-state index contributed by atoms with van der Waals surface area (Å²) in [7, 11) is 0. The highest BCUT2D eigenvalue weighted by atomic mass is 32.1. The predicted octanol–water partition coefficient (Wildman–Crippen LogP) is 1.72. The molecule has 1 aromatic rings. The molecule has 1 saturated carbocycles. The first-order valence-electron chi connectivity index (χ1n) is 6.07. The summed E-state index contributed by atoms with van der Waals surface area (Å²) in [6.07, 6.45) is 2.57. The van der Waals surface area contributed by atoms with Gasteiger partial charge in [-0.3, -0.25) is 4.79 Å². The van der Waals surface area contributed by atoms with Crippen LogP contribution in [0.15, 0.2) is 18.2 Å². The van der Waals surface area contributed by atoms with Crippen LogP contribution in [0.1, 0.15) is 29.6 Å². The molecule has 1 aliphatic rings. The van der Waals surface area contributed by atoms with Crippen molar-refractivity contribution < 1.29 is 14.3 Å². The SMILES string of the molecule is NC(=S)C1CCCC1NC(=O)c1ccc(O)cc1F. The average Bonchev–Trinajstić information content (AvgIpc) is 2.76. The molecule has 1 amide bonds. The van der Waals surface area contributed by atoms with Crippen LogP contribution in [0.2, 0.25) is 0 Å². The standard InChI is InChI=1S/C13H15FN2O2S/c14-10-6-7(17)4-5-8(10)13(18)16-11-3-1-2-9(11)12(15)19/h4-6,9,11,17H,1-3H2,(H2,15,19)(H,16,18). The van der Waals surface area contributed by atoms with E-state index in [0.717, 1.165) is 25.3 Å². The Kier molecular flexibility index (Phi) is 3.99. The fourth-order valence-electron chi connectivity index (χ4n) is 2.41. The molecule has 2 unspecified atom stereocenters. The number of benzene rings is 1. The molecule has 2 atom stereocenters. The molecule has 0 bridgehead atoms. The van der Waals surface area contributed by atoms with Gasteiger partial charge in [0.25, 0.3) is 5.91 Å². The Bertz CT molecular complexity index is 521. The largest absolute Gasteiger partial charge is 0.508 e. The van der Waals surface area contributed by atoms with Crippen LogP contribution < -0.4 is 11.1 Å². The maximum Gasteiger partial charge on any atom is 0.254 e. The third-order valence-electron chi connectivity index (χ3n) is 3.40. The zero-order valence-electron chi connectivity index (χ0n) is 10.2. The predicted molar refractivity (Wildman–Crippen MR) is 73.4 cm³/mol. The normalized spacial score (nSPS) is 22.2. The van der Waals surface area contributed by atoms with Crippen molar-refractivity contribution in [1.82, 2.24) is 5.32 Å². The van der Waals surface area contributed by atoms with Crippen LogP contribution >= 0.6 is 12.2 Å². The summed E-state index contributed by atoms with van der Waals surface area (Å²) < 4.78 is 13.6. The quantitative estimate of drug-likeness (QED) is 0.738. The van der Waals surface area contributed by atoms with Gasteiger partial charge in [0.2, 0.25) is 0 Å². The smallest absolute Gasteiger partial charge is 0.254 e. The number of nitrogens with one attached hydrogen (secondary N) is 1. The minimum Gasteiger partial charge on any atom is -0.508 e. The molecule has 1 fully saturated rings. The molecule has 19 heavy (non-hydrogen) atoms. The molecule has 1 aromatic carbocycles. The number of carbonyl (C=O) groups is 1. The number of carbonyl (C=O) groups excluding carboxylic acids is 1. The highest BCUT2D eigenvalue weighted by molar-refractivity contribution is 7.80. The van der Waals surface area contributed by atoms with Crippen LogP contribution in [-0.4, -0.2) is 22.0 Å². The minimum absolute atomic E-state index is 0.0286. The summed E-state index contributed by atoms with van der Waals surface area (Å²) >= 11 is 4.96. The second kappa shape index (κ2) is 5.52. The Balaban J connectivity index is 2.10. The zero-order valence-corrected chi connectivity index (χ0v) is 11.0. The van der Waals surface area contributed by atoms with E-state index in [1.165, 1.54) is 12.1 Å². The summed E-state index contributed by atoms with van der Waals surface area (Å²) in [5.41, 5.74) is 5.53. The minimum atomic E-state index is -0.748. The number of aromatic hydroxyl groups is 1. The molecule has 0 saturated heterocycles. The summed E-state index contributed by atoms with van der Waals surface area (Å²) in [5.74, 6) is -1.50. The van der Waals surface area contributed by atoms with Crippen molar-refractivity contribution in [2.45, 2.75) is 25.3 Å². The summed E-state index contributed by atoms with van der Waals surface area (Å²) in [6.45, 7) is 0. The Morgan fingerprint density at radius 1 is 1.47 bits per heavy atom. The molecule has 2 rings (SSSR count). The van der Waals surface area contributed by atoms with Gasteiger partial charge < -0.3 is 16.2 Å². The monoisotopic (exact) mass is 282 g/mol. The van der Waals surface area contributed by atoms with Gasteiger partial charge in [-0.2, -0.15) is 0 Å². The van der Waals surface area contributed by atoms with E-state index in [2.05, 4.69) is 5.32 Å².